The van der Waals surface area contributed by atoms with E-state index in [4.69, 9.17) is 19.4 Å². The quantitative estimate of drug-likeness (QED) is 0.173. The van der Waals surface area contributed by atoms with Crippen LogP contribution in [0, 0.1) is 0 Å². The van der Waals surface area contributed by atoms with E-state index in [1.807, 2.05) is 30.3 Å². The molecule has 0 saturated heterocycles. The molecule has 0 amide bonds. The van der Waals surface area contributed by atoms with E-state index < -0.39 is 5.41 Å². The molecule has 0 atom stereocenters. The van der Waals surface area contributed by atoms with Crippen LogP contribution in [0.3, 0.4) is 0 Å². The van der Waals surface area contributed by atoms with Crippen LogP contribution >= 0.6 is 0 Å². The Balaban J connectivity index is 0.953. The molecule has 0 unspecified atom stereocenters. The zero-order valence-electron chi connectivity index (χ0n) is 36.0. The van der Waals surface area contributed by atoms with Gasteiger partial charge in [-0.1, -0.05) is 214 Å². The summed E-state index contributed by atoms with van der Waals surface area (Å²) in [6.07, 6.45) is 0. The van der Waals surface area contributed by atoms with Crippen molar-refractivity contribution in [2.75, 3.05) is 0 Å². The van der Waals surface area contributed by atoms with Crippen LogP contribution in [0.5, 0.6) is 0 Å². The second-order valence-electron chi connectivity index (χ2n) is 17.9. The second kappa shape index (κ2) is 14.2. The molecular weight excluding hydrogens is 791 g/mol. The van der Waals surface area contributed by atoms with E-state index >= 15 is 0 Å². The summed E-state index contributed by atoms with van der Waals surface area (Å²) in [5.41, 5.74) is 18.9. The maximum absolute atomic E-state index is 6.40. The van der Waals surface area contributed by atoms with Gasteiger partial charge in [-0.3, -0.25) is 0 Å². The van der Waals surface area contributed by atoms with Crippen LogP contribution in [0.2, 0.25) is 0 Å². The van der Waals surface area contributed by atoms with Gasteiger partial charge < -0.3 is 4.42 Å². The summed E-state index contributed by atoms with van der Waals surface area (Å²) in [6.45, 7) is 4.74. The van der Waals surface area contributed by atoms with E-state index in [0.717, 1.165) is 55.3 Å². The number of nitrogens with zero attached hydrogens (tertiary/aromatic N) is 3. The van der Waals surface area contributed by atoms with Crippen LogP contribution < -0.4 is 0 Å². The molecule has 1 spiro atoms. The lowest BCUT2D eigenvalue weighted by molar-refractivity contribution is 0.563. The van der Waals surface area contributed by atoms with Gasteiger partial charge in [-0.25, -0.2) is 15.0 Å². The molecular formula is C61H41N3O. The average Bonchev–Trinajstić information content (AvgIpc) is 3.90. The summed E-state index contributed by atoms with van der Waals surface area (Å²) in [4.78, 5) is 15.5. The highest BCUT2D eigenvalue weighted by Crippen LogP contribution is 2.63. The van der Waals surface area contributed by atoms with E-state index in [-0.39, 0.29) is 5.41 Å². The number of aromatic nitrogens is 3. The third kappa shape index (κ3) is 5.47. The first kappa shape index (κ1) is 37.4. The molecule has 65 heavy (non-hydrogen) atoms. The van der Waals surface area contributed by atoms with Crippen molar-refractivity contribution >= 4 is 21.9 Å². The van der Waals surface area contributed by atoms with Crippen LogP contribution in [0.25, 0.3) is 89.5 Å². The van der Waals surface area contributed by atoms with Gasteiger partial charge in [0, 0.05) is 38.4 Å². The lowest BCUT2D eigenvalue weighted by atomic mass is 9.55. The van der Waals surface area contributed by atoms with Crippen LogP contribution in [-0.2, 0) is 10.8 Å². The van der Waals surface area contributed by atoms with E-state index in [1.54, 1.807) is 0 Å². The van der Waals surface area contributed by atoms with Gasteiger partial charge in [0.05, 0.1) is 5.41 Å². The Morgan fingerprint density at radius 2 is 0.815 bits per heavy atom. The molecule has 2 aliphatic rings. The van der Waals surface area contributed by atoms with Crippen molar-refractivity contribution in [1.29, 1.82) is 0 Å². The highest BCUT2D eigenvalue weighted by atomic mass is 16.3. The number of para-hydroxylation sites is 2. The average molecular weight is 832 g/mol. The Hall–Kier alpha value is -8.21. The number of fused-ring (bicyclic) bond motifs is 12. The molecule has 2 aromatic heterocycles. The topological polar surface area (TPSA) is 51.8 Å². The first-order valence-electron chi connectivity index (χ1n) is 22.4. The smallest absolute Gasteiger partial charge is 0.164 e. The van der Waals surface area contributed by atoms with Crippen molar-refractivity contribution in [2.24, 2.45) is 0 Å². The zero-order chi connectivity index (χ0) is 43.3. The Morgan fingerprint density at radius 1 is 0.338 bits per heavy atom. The van der Waals surface area contributed by atoms with Gasteiger partial charge >= 0.3 is 0 Å². The summed E-state index contributed by atoms with van der Waals surface area (Å²) in [5, 5.41) is 2.23. The van der Waals surface area contributed by atoms with Gasteiger partial charge in [0.2, 0.25) is 0 Å². The largest absolute Gasteiger partial charge is 0.455 e. The molecule has 11 aromatic rings. The maximum Gasteiger partial charge on any atom is 0.164 e. The number of furan rings is 1. The molecule has 2 aliphatic carbocycles. The van der Waals surface area contributed by atoms with Gasteiger partial charge in [0.1, 0.15) is 11.2 Å². The lowest BCUT2D eigenvalue weighted by Crippen LogP contribution is -2.40. The van der Waals surface area contributed by atoms with Gasteiger partial charge in [-0.2, -0.15) is 0 Å². The predicted octanol–water partition coefficient (Wildman–Crippen LogP) is 15.1. The highest BCUT2D eigenvalue weighted by Gasteiger charge is 2.53. The van der Waals surface area contributed by atoms with E-state index in [0.29, 0.717) is 17.5 Å². The fraction of sp³-hybridized carbons (Fsp3) is 0.0656. The minimum Gasteiger partial charge on any atom is -0.455 e. The minimum absolute atomic E-state index is 0.157. The van der Waals surface area contributed by atoms with E-state index in [9.17, 15) is 0 Å². The molecule has 0 saturated carbocycles. The van der Waals surface area contributed by atoms with Crippen molar-refractivity contribution in [2.45, 2.75) is 24.7 Å². The zero-order valence-corrected chi connectivity index (χ0v) is 36.0. The molecule has 2 heterocycles. The van der Waals surface area contributed by atoms with Crippen LogP contribution in [0.1, 0.15) is 47.2 Å². The van der Waals surface area contributed by atoms with Crippen molar-refractivity contribution < 1.29 is 4.42 Å². The van der Waals surface area contributed by atoms with Crippen LogP contribution in [-0.4, -0.2) is 15.0 Å². The Bertz CT molecular complexity index is 3640. The first-order chi connectivity index (χ1) is 32.0. The maximum atomic E-state index is 6.40. The van der Waals surface area contributed by atoms with Gasteiger partial charge in [-0.05, 0) is 73.3 Å². The van der Waals surface area contributed by atoms with Crippen LogP contribution in [0.15, 0.2) is 217 Å². The Morgan fingerprint density at radius 3 is 1.55 bits per heavy atom. The van der Waals surface area contributed by atoms with Crippen molar-refractivity contribution in [3.05, 3.63) is 246 Å². The SMILES string of the molecule is CC1(C)c2ccccc2C2(c3ccccc3-c3c(-c4cccc(-c5nc(-c6ccccc6)nc(-c6ccc(-c7cccc8c7oc7ccccc78)cc6)n5)c4)cccc32)c2ccccc21. The number of hydrogen-bond acceptors (Lipinski definition) is 4. The molecule has 4 heteroatoms. The molecule has 0 fully saturated rings. The Kier molecular flexibility index (Phi) is 8.13. The highest BCUT2D eigenvalue weighted by molar-refractivity contribution is 6.09. The third-order valence-electron chi connectivity index (χ3n) is 14.0. The normalized spacial score (nSPS) is 13.9. The fourth-order valence-corrected chi connectivity index (χ4v) is 11.1. The molecule has 9 aromatic carbocycles. The van der Waals surface area contributed by atoms with E-state index in [1.165, 1.54) is 50.1 Å². The molecule has 0 aliphatic heterocycles. The number of hydrogen-bond donors (Lipinski definition) is 0. The monoisotopic (exact) mass is 831 g/mol. The first-order valence-corrected chi connectivity index (χ1v) is 22.4. The molecule has 306 valence electrons. The van der Waals surface area contributed by atoms with Crippen molar-refractivity contribution in [1.82, 2.24) is 15.0 Å². The summed E-state index contributed by atoms with van der Waals surface area (Å²) >= 11 is 0. The van der Waals surface area contributed by atoms with Gasteiger partial charge in [-0.15, -0.1) is 0 Å². The van der Waals surface area contributed by atoms with E-state index in [2.05, 4.69) is 196 Å². The molecule has 0 radical (unpaired) electrons. The summed E-state index contributed by atoms with van der Waals surface area (Å²) in [7, 11) is 0. The summed E-state index contributed by atoms with van der Waals surface area (Å²) in [5.74, 6) is 1.86. The summed E-state index contributed by atoms with van der Waals surface area (Å²) in [6, 6.07) is 76.1. The minimum atomic E-state index is -0.468. The number of rotatable bonds is 5. The predicted molar refractivity (Wildman–Crippen MR) is 264 cm³/mol. The van der Waals surface area contributed by atoms with Crippen molar-refractivity contribution in [3.8, 4) is 67.5 Å². The third-order valence-corrected chi connectivity index (χ3v) is 14.0. The molecule has 0 N–H and O–H groups in total. The molecule has 0 bridgehead atoms. The lowest BCUT2D eigenvalue weighted by Gasteiger charge is -2.46. The van der Waals surface area contributed by atoms with Crippen LogP contribution in [0.4, 0.5) is 0 Å². The standard InChI is InChI=1S/C61H41N3O/c1-60(2)49-27-9-11-29-51(49)61(52-30-12-10-28-50(52)60)48-26-8-6-22-47(48)55-43(23-16-31-53(55)61)41-19-14-20-42(37-41)59-63-57(39-17-4-3-5-18-39)62-58(64-59)40-35-33-38(34-36-40)44-24-15-25-46-45-21-7-13-32-54(45)65-56(44)46/h3-37H,1-2H3. The fourth-order valence-electron chi connectivity index (χ4n) is 11.1. The molecule has 4 nitrogen and oxygen atoms in total. The van der Waals surface area contributed by atoms with Gasteiger partial charge in [0.25, 0.3) is 0 Å². The van der Waals surface area contributed by atoms with Gasteiger partial charge in [0.15, 0.2) is 17.5 Å². The molecule has 13 rings (SSSR count). The second-order valence-corrected chi connectivity index (χ2v) is 17.9. The Labute approximate surface area is 377 Å². The van der Waals surface area contributed by atoms with Crippen molar-refractivity contribution in [3.63, 3.8) is 0 Å². The number of benzene rings is 9. The summed E-state index contributed by atoms with van der Waals surface area (Å²) < 4.78 is 6.40.